The molecule has 6 heteroatoms. The molecule has 0 aromatic heterocycles. The Morgan fingerprint density at radius 2 is 2.30 bits per heavy atom. The summed E-state index contributed by atoms with van der Waals surface area (Å²) in [5, 5.41) is 12.1. The van der Waals surface area contributed by atoms with E-state index in [1.165, 1.54) is 0 Å². The lowest BCUT2D eigenvalue weighted by atomic mass is 9.93. The minimum absolute atomic E-state index is 0.117. The highest BCUT2D eigenvalue weighted by molar-refractivity contribution is 9.10. The van der Waals surface area contributed by atoms with Crippen LogP contribution in [-0.4, -0.2) is 36.8 Å². The van der Waals surface area contributed by atoms with Crippen LogP contribution in [0.25, 0.3) is 0 Å². The summed E-state index contributed by atoms with van der Waals surface area (Å²) < 4.78 is 6.52. The normalized spacial score (nSPS) is 23.9. The summed E-state index contributed by atoms with van der Waals surface area (Å²) in [6, 6.07) is 5.81. The number of nitrogens with two attached hydrogens (primary N) is 1. The molecule has 1 heterocycles. The molecule has 0 spiro atoms. The third-order valence-corrected chi connectivity index (χ3v) is 4.33. The van der Waals surface area contributed by atoms with Gasteiger partial charge in [-0.05, 0) is 38.0 Å². The maximum absolute atomic E-state index is 8.96. The molecule has 0 aliphatic carbocycles. The number of amidine groups is 1. The molecule has 110 valence electrons. The Balaban J connectivity index is 2.37. The van der Waals surface area contributed by atoms with Gasteiger partial charge in [0.25, 0.3) is 0 Å². The Morgan fingerprint density at radius 3 is 2.95 bits per heavy atom. The predicted octanol–water partition coefficient (Wildman–Crippen LogP) is 2.55. The fraction of sp³-hybridized carbons (Fsp3) is 0.500. The third-order valence-electron chi connectivity index (χ3n) is 3.83. The molecule has 2 rings (SSSR count). The average Bonchev–Trinajstić information content (AvgIpc) is 2.46. The summed E-state index contributed by atoms with van der Waals surface area (Å²) in [5.41, 5.74) is 7.32. The summed E-state index contributed by atoms with van der Waals surface area (Å²) in [7, 11) is 1.75. The first-order valence-electron chi connectivity index (χ1n) is 6.56. The molecular formula is C14H20BrN3O2. The van der Waals surface area contributed by atoms with Crippen molar-refractivity contribution in [3.63, 3.8) is 0 Å². The van der Waals surface area contributed by atoms with Gasteiger partial charge in [-0.25, -0.2) is 0 Å². The molecule has 1 aromatic rings. The zero-order valence-electron chi connectivity index (χ0n) is 11.8. The number of rotatable bonds is 3. The van der Waals surface area contributed by atoms with Gasteiger partial charge in [0, 0.05) is 35.9 Å². The van der Waals surface area contributed by atoms with E-state index in [0.29, 0.717) is 0 Å². The maximum Gasteiger partial charge on any atom is 0.172 e. The minimum atomic E-state index is -0.159. The van der Waals surface area contributed by atoms with Gasteiger partial charge in [0.05, 0.1) is 5.60 Å². The minimum Gasteiger partial charge on any atom is -0.409 e. The van der Waals surface area contributed by atoms with Gasteiger partial charge in [0.15, 0.2) is 5.84 Å². The average molecular weight is 342 g/mol. The molecule has 5 nitrogen and oxygen atoms in total. The largest absolute Gasteiger partial charge is 0.409 e. The number of piperidine rings is 1. The van der Waals surface area contributed by atoms with E-state index in [4.69, 9.17) is 15.7 Å². The Hall–Kier alpha value is -1.27. The molecule has 1 atom stereocenters. The van der Waals surface area contributed by atoms with Crippen molar-refractivity contribution in [3.05, 3.63) is 28.2 Å². The summed E-state index contributed by atoms with van der Waals surface area (Å²) in [6.07, 6.45) is 2.09. The van der Waals surface area contributed by atoms with E-state index in [9.17, 15) is 0 Å². The lowest BCUT2D eigenvalue weighted by molar-refractivity contribution is -0.00465. The molecular weight excluding hydrogens is 322 g/mol. The van der Waals surface area contributed by atoms with E-state index in [-0.39, 0.29) is 11.4 Å². The Labute approximate surface area is 127 Å². The van der Waals surface area contributed by atoms with E-state index in [0.717, 1.165) is 41.7 Å². The van der Waals surface area contributed by atoms with Crippen LogP contribution in [0.3, 0.4) is 0 Å². The SMILES string of the molecule is COC1(C)CCCN(c2ccc(Br)cc2/C(N)=N/O)C1. The second kappa shape index (κ2) is 6.01. The van der Waals surface area contributed by atoms with Crippen molar-refractivity contribution in [2.45, 2.75) is 25.4 Å². The van der Waals surface area contributed by atoms with Gasteiger partial charge in [-0.15, -0.1) is 0 Å². The van der Waals surface area contributed by atoms with Gasteiger partial charge in [-0.3, -0.25) is 0 Å². The van der Waals surface area contributed by atoms with Crippen LogP contribution in [0.1, 0.15) is 25.3 Å². The Kier molecular flexibility index (Phi) is 4.55. The quantitative estimate of drug-likeness (QED) is 0.383. The highest BCUT2D eigenvalue weighted by atomic mass is 79.9. The monoisotopic (exact) mass is 341 g/mol. The fourth-order valence-electron chi connectivity index (χ4n) is 2.62. The van der Waals surface area contributed by atoms with Crippen LogP contribution in [0.4, 0.5) is 5.69 Å². The second-order valence-corrected chi connectivity index (χ2v) is 6.24. The van der Waals surface area contributed by atoms with Crippen LogP contribution >= 0.6 is 15.9 Å². The highest BCUT2D eigenvalue weighted by Gasteiger charge is 2.31. The van der Waals surface area contributed by atoms with E-state index in [1.807, 2.05) is 18.2 Å². The van der Waals surface area contributed by atoms with Crippen molar-refractivity contribution >= 4 is 27.5 Å². The number of hydrogen-bond acceptors (Lipinski definition) is 4. The number of methoxy groups -OCH3 is 1. The lowest BCUT2D eigenvalue weighted by Gasteiger charge is -2.41. The lowest BCUT2D eigenvalue weighted by Crippen LogP contribution is -2.48. The topological polar surface area (TPSA) is 71.1 Å². The van der Waals surface area contributed by atoms with Crippen molar-refractivity contribution in [3.8, 4) is 0 Å². The summed E-state index contributed by atoms with van der Waals surface area (Å²) in [4.78, 5) is 2.23. The van der Waals surface area contributed by atoms with Gasteiger partial charge in [0.1, 0.15) is 0 Å². The molecule has 0 amide bonds. The standard InChI is InChI=1S/C14H20BrN3O2/c1-14(20-2)6-3-7-18(9-14)12-5-4-10(15)8-11(12)13(16)17-19/h4-5,8,19H,3,6-7,9H2,1-2H3,(H2,16,17). The summed E-state index contributed by atoms with van der Waals surface area (Å²) >= 11 is 3.42. The first-order valence-corrected chi connectivity index (χ1v) is 7.36. The predicted molar refractivity (Wildman–Crippen MR) is 83.5 cm³/mol. The van der Waals surface area contributed by atoms with Gasteiger partial charge in [-0.2, -0.15) is 0 Å². The smallest absolute Gasteiger partial charge is 0.172 e. The van der Waals surface area contributed by atoms with Crippen LogP contribution in [0.15, 0.2) is 27.8 Å². The van der Waals surface area contributed by atoms with Crippen LogP contribution in [0, 0.1) is 0 Å². The van der Waals surface area contributed by atoms with Crippen molar-refractivity contribution in [1.82, 2.24) is 0 Å². The van der Waals surface area contributed by atoms with Gasteiger partial charge < -0.3 is 20.6 Å². The number of halogens is 1. The summed E-state index contributed by atoms with van der Waals surface area (Å²) in [5.74, 6) is 0.117. The second-order valence-electron chi connectivity index (χ2n) is 5.33. The number of anilines is 1. The molecule has 1 aromatic carbocycles. The number of oxime groups is 1. The number of benzene rings is 1. The molecule has 1 unspecified atom stereocenters. The molecule has 20 heavy (non-hydrogen) atoms. The van der Waals surface area contributed by atoms with Gasteiger partial charge >= 0.3 is 0 Å². The van der Waals surface area contributed by atoms with E-state index in [1.54, 1.807) is 7.11 Å². The number of nitrogens with zero attached hydrogens (tertiary/aromatic N) is 2. The van der Waals surface area contributed by atoms with Crippen LogP contribution in [0.5, 0.6) is 0 Å². The van der Waals surface area contributed by atoms with Crippen molar-refractivity contribution in [2.75, 3.05) is 25.1 Å². The first kappa shape index (κ1) is 15.1. The molecule has 3 N–H and O–H groups in total. The molecule has 1 aliphatic rings. The van der Waals surface area contributed by atoms with Crippen molar-refractivity contribution in [2.24, 2.45) is 10.9 Å². The highest BCUT2D eigenvalue weighted by Crippen LogP contribution is 2.31. The fourth-order valence-corrected chi connectivity index (χ4v) is 2.98. The van der Waals surface area contributed by atoms with E-state index in [2.05, 4.69) is 32.9 Å². The first-order chi connectivity index (χ1) is 9.49. The van der Waals surface area contributed by atoms with Gasteiger partial charge in [-0.1, -0.05) is 21.1 Å². The zero-order chi connectivity index (χ0) is 14.8. The van der Waals surface area contributed by atoms with Crippen molar-refractivity contribution < 1.29 is 9.94 Å². The third kappa shape index (κ3) is 3.07. The van der Waals surface area contributed by atoms with E-state index < -0.39 is 0 Å². The van der Waals surface area contributed by atoms with Crippen molar-refractivity contribution in [1.29, 1.82) is 0 Å². The molecule has 1 saturated heterocycles. The van der Waals surface area contributed by atoms with Crippen LogP contribution < -0.4 is 10.6 Å². The number of ether oxygens (including phenoxy) is 1. The Bertz CT molecular complexity index is 521. The molecule has 1 aliphatic heterocycles. The molecule has 0 saturated carbocycles. The molecule has 0 radical (unpaired) electrons. The van der Waals surface area contributed by atoms with Gasteiger partial charge in [0.2, 0.25) is 0 Å². The van der Waals surface area contributed by atoms with Crippen LogP contribution in [-0.2, 0) is 4.74 Å². The van der Waals surface area contributed by atoms with E-state index >= 15 is 0 Å². The van der Waals surface area contributed by atoms with Crippen LogP contribution in [0.2, 0.25) is 0 Å². The molecule has 0 bridgehead atoms. The maximum atomic E-state index is 8.96. The molecule has 1 fully saturated rings. The Morgan fingerprint density at radius 1 is 1.55 bits per heavy atom. The number of hydrogen-bond donors (Lipinski definition) is 2. The summed E-state index contributed by atoms with van der Waals surface area (Å²) in [6.45, 7) is 3.84. The zero-order valence-corrected chi connectivity index (χ0v) is 13.4.